The summed E-state index contributed by atoms with van der Waals surface area (Å²) in [5.41, 5.74) is 0.509. The van der Waals surface area contributed by atoms with Crippen molar-refractivity contribution in [1.29, 1.82) is 0 Å². The van der Waals surface area contributed by atoms with E-state index in [0.717, 1.165) is 0 Å². The Morgan fingerprint density at radius 2 is 1.64 bits per heavy atom. The molecule has 1 aromatic carbocycles. The number of hydrogen-bond donors (Lipinski definition) is 1. The van der Waals surface area contributed by atoms with Gasteiger partial charge < -0.3 is 14.4 Å². The van der Waals surface area contributed by atoms with Crippen molar-refractivity contribution >= 4 is 17.9 Å². The van der Waals surface area contributed by atoms with Gasteiger partial charge in [0.2, 0.25) is 0 Å². The number of benzene rings is 1. The molecule has 1 aromatic rings. The first-order chi connectivity index (χ1) is 11.7. The minimum Gasteiger partial charge on any atom is -0.447 e. The van der Waals surface area contributed by atoms with Crippen molar-refractivity contribution in [2.45, 2.75) is 47.6 Å². The van der Waals surface area contributed by atoms with Gasteiger partial charge in [0.1, 0.15) is 5.75 Å². The summed E-state index contributed by atoms with van der Waals surface area (Å²) in [6, 6.07) is 6.70. The summed E-state index contributed by atoms with van der Waals surface area (Å²) >= 11 is 0. The Morgan fingerprint density at radius 1 is 1.04 bits per heavy atom. The van der Waals surface area contributed by atoms with Crippen LogP contribution < -0.4 is 10.1 Å². The number of hydrogen-bond acceptors (Lipinski definition) is 4. The Labute approximate surface area is 150 Å². The lowest BCUT2D eigenvalue weighted by molar-refractivity contribution is 0.130. The molecule has 0 spiro atoms. The molecule has 0 aliphatic heterocycles. The van der Waals surface area contributed by atoms with Crippen LogP contribution in [-0.2, 0) is 4.74 Å². The summed E-state index contributed by atoms with van der Waals surface area (Å²) < 4.78 is 10.5. The third-order valence-electron chi connectivity index (χ3n) is 3.06. The highest BCUT2D eigenvalue weighted by atomic mass is 16.6. The van der Waals surface area contributed by atoms with E-state index in [2.05, 4.69) is 33.0 Å². The minimum absolute atomic E-state index is 0.207. The van der Waals surface area contributed by atoms with E-state index in [1.165, 1.54) is 0 Å². The predicted molar refractivity (Wildman–Crippen MR) is 99.0 cm³/mol. The Morgan fingerprint density at radius 3 is 2.16 bits per heavy atom. The van der Waals surface area contributed by atoms with Crippen LogP contribution in [-0.4, -0.2) is 36.3 Å². The first-order valence-corrected chi connectivity index (χ1v) is 8.71. The minimum atomic E-state index is -0.542. The third-order valence-corrected chi connectivity index (χ3v) is 3.06. The molecule has 0 saturated carbocycles. The van der Waals surface area contributed by atoms with Gasteiger partial charge in [-0.2, -0.15) is 0 Å². The van der Waals surface area contributed by atoms with Crippen molar-refractivity contribution in [2.24, 2.45) is 11.8 Å². The summed E-state index contributed by atoms with van der Waals surface area (Å²) in [6.07, 6.45) is -1.13. The van der Waals surface area contributed by atoms with Crippen molar-refractivity contribution in [3.05, 3.63) is 24.3 Å². The van der Waals surface area contributed by atoms with Gasteiger partial charge in [-0.15, -0.1) is 0 Å². The fourth-order valence-electron chi connectivity index (χ4n) is 2.27. The molecule has 0 radical (unpaired) electrons. The van der Waals surface area contributed by atoms with Gasteiger partial charge in [-0.05, 0) is 37.8 Å². The third kappa shape index (κ3) is 8.42. The number of rotatable bonds is 7. The van der Waals surface area contributed by atoms with Crippen molar-refractivity contribution in [3.63, 3.8) is 0 Å². The Kier molecular flexibility index (Phi) is 8.25. The summed E-state index contributed by atoms with van der Waals surface area (Å²) in [5.74, 6) is 1.08. The lowest BCUT2D eigenvalue weighted by Gasteiger charge is -2.25. The molecule has 0 heterocycles. The number of ether oxygens (including phenoxy) is 2. The highest BCUT2D eigenvalue weighted by Crippen LogP contribution is 2.19. The van der Waals surface area contributed by atoms with Gasteiger partial charge in [0.15, 0.2) is 0 Å². The highest BCUT2D eigenvalue weighted by molar-refractivity contribution is 5.85. The molecular formula is C19H30N2O4. The van der Waals surface area contributed by atoms with Crippen LogP contribution in [0.3, 0.4) is 0 Å². The smallest absolute Gasteiger partial charge is 0.415 e. The van der Waals surface area contributed by atoms with Gasteiger partial charge in [-0.1, -0.05) is 33.8 Å². The van der Waals surface area contributed by atoms with Crippen LogP contribution in [0.15, 0.2) is 24.3 Å². The Hall–Kier alpha value is -2.24. The SMILES string of the molecule is CC(C)CN(CC(C)C)C(=O)Oc1cccc(NC(=O)OC(C)C)c1. The molecule has 0 aliphatic rings. The highest BCUT2D eigenvalue weighted by Gasteiger charge is 2.18. The van der Waals surface area contributed by atoms with Crippen LogP contribution in [0.5, 0.6) is 5.75 Å². The molecule has 6 nitrogen and oxygen atoms in total. The molecule has 0 bridgehead atoms. The van der Waals surface area contributed by atoms with Gasteiger partial charge in [0, 0.05) is 24.8 Å². The van der Waals surface area contributed by atoms with E-state index >= 15 is 0 Å². The first-order valence-electron chi connectivity index (χ1n) is 8.71. The second kappa shape index (κ2) is 9.91. The van der Waals surface area contributed by atoms with Crippen LogP contribution in [0, 0.1) is 11.8 Å². The van der Waals surface area contributed by atoms with Gasteiger partial charge in [0.25, 0.3) is 0 Å². The zero-order valence-electron chi connectivity index (χ0n) is 16.0. The second-order valence-corrected chi connectivity index (χ2v) is 7.17. The maximum Gasteiger partial charge on any atom is 0.415 e. The van der Waals surface area contributed by atoms with Gasteiger partial charge >= 0.3 is 12.2 Å². The van der Waals surface area contributed by atoms with Crippen LogP contribution in [0.25, 0.3) is 0 Å². The molecule has 0 aliphatic carbocycles. The van der Waals surface area contributed by atoms with E-state index in [-0.39, 0.29) is 12.2 Å². The molecule has 25 heavy (non-hydrogen) atoms. The largest absolute Gasteiger partial charge is 0.447 e. The van der Waals surface area contributed by atoms with E-state index in [4.69, 9.17) is 9.47 Å². The summed E-state index contributed by atoms with van der Waals surface area (Å²) in [6.45, 7) is 13.1. The molecule has 140 valence electrons. The molecular weight excluding hydrogens is 320 g/mol. The molecule has 2 amide bonds. The predicted octanol–water partition coefficient (Wildman–Crippen LogP) is 4.76. The number of carbonyl (C=O) groups excluding carboxylic acids is 2. The van der Waals surface area contributed by atoms with Crippen molar-refractivity contribution in [2.75, 3.05) is 18.4 Å². The standard InChI is InChI=1S/C19H30N2O4/c1-13(2)11-21(12-14(3)4)19(23)25-17-9-7-8-16(10-17)20-18(22)24-15(5)6/h7-10,13-15H,11-12H2,1-6H3,(H,20,22). The number of carbonyl (C=O) groups is 2. The van der Waals surface area contributed by atoms with E-state index in [1.54, 1.807) is 43.0 Å². The Bertz CT molecular complexity index is 560. The molecule has 0 unspecified atom stereocenters. The molecule has 0 saturated heterocycles. The lowest BCUT2D eigenvalue weighted by atomic mass is 10.1. The summed E-state index contributed by atoms with van der Waals surface area (Å²) in [7, 11) is 0. The molecule has 1 N–H and O–H groups in total. The van der Waals surface area contributed by atoms with Crippen LogP contribution >= 0.6 is 0 Å². The number of nitrogens with zero attached hydrogens (tertiary/aromatic N) is 1. The summed E-state index contributed by atoms with van der Waals surface area (Å²) in [5, 5.41) is 2.61. The van der Waals surface area contributed by atoms with Crippen LogP contribution in [0.2, 0.25) is 0 Å². The second-order valence-electron chi connectivity index (χ2n) is 7.17. The molecule has 0 fully saturated rings. The average molecular weight is 350 g/mol. The van der Waals surface area contributed by atoms with Gasteiger partial charge in [-0.25, -0.2) is 9.59 Å². The number of anilines is 1. The fourth-order valence-corrected chi connectivity index (χ4v) is 2.27. The van der Waals surface area contributed by atoms with Crippen LogP contribution in [0.4, 0.5) is 15.3 Å². The summed E-state index contributed by atoms with van der Waals surface area (Å²) in [4.78, 5) is 25.8. The Balaban J connectivity index is 2.75. The maximum absolute atomic E-state index is 12.5. The number of nitrogens with one attached hydrogen (secondary N) is 1. The van der Waals surface area contributed by atoms with E-state index < -0.39 is 6.09 Å². The van der Waals surface area contributed by atoms with Gasteiger partial charge in [0.05, 0.1) is 6.10 Å². The van der Waals surface area contributed by atoms with Gasteiger partial charge in [-0.3, -0.25) is 5.32 Å². The molecule has 0 atom stereocenters. The maximum atomic E-state index is 12.5. The molecule has 0 aromatic heterocycles. The van der Waals surface area contributed by atoms with E-state index in [1.807, 2.05) is 0 Å². The van der Waals surface area contributed by atoms with Crippen molar-refractivity contribution in [1.82, 2.24) is 4.90 Å². The average Bonchev–Trinajstić information content (AvgIpc) is 2.44. The quantitative estimate of drug-likeness (QED) is 0.770. The van der Waals surface area contributed by atoms with Crippen LogP contribution in [0.1, 0.15) is 41.5 Å². The van der Waals surface area contributed by atoms with E-state index in [9.17, 15) is 9.59 Å². The van der Waals surface area contributed by atoms with E-state index in [0.29, 0.717) is 36.4 Å². The normalized spacial score (nSPS) is 10.9. The zero-order chi connectivity index (χ0) is 19.0. The van der Waals surface area contributed by atoms with Crippen molar-refractivity contribution in [3.8, 4) is 5.75 Å². The topological polar surface area (TPSA) is 67.9 Å². The molecule has 6 heteroatoms. The monoisotopic (exact) mass is 350 g/mol. The fraction of sp³-hybridized carbons (Fsp3) is 0.579. The zero-order valence-corrected chi connectivity index (χ0v) is 16.0. The van der Waals surface area contributed by atoms with Crippen molar-refractivity contribution < 1.29 is 19.1 Å². The first kappa shape index (κ1) is 20.8. The molecule has 1 rings (SSSR count). The number of amides is 2. The lowest BCUT2D eigenvalue weighted by Crippen LogP contribution is -2.38.